The van der Waals surface area contributed by atoms with Crippen molar-refractivity contribution in [1.29, 1.82) is 0 Å². The largest absolute Gasteiger partial charge is 0.466 e. The van der Waals surface area contributed by atoms with E-state index in [1.54, 1.807) is 48.5 Å². The molecule has 0 unspecified atom stereocenters. The molecule has 192 valence electrons. The fourth-order valence-corrected chi connectivity index (χ4v) is 6.20. The molecule has 0 saturated carbocycles. The summed E-state index contributed by atoms with van der Waals surface area (Å²) in [4.78, 5) is 13.2. The van der Waals surface area contributed by atoms with E-state index < -0.39 is 26.7 Å². The number of anilines is 1. The van der Waals surface area contributed by atoms with E-state index in [1.165, 1.54) is 6.07 Å². The number of hydrogen-bond acceptors (Lipinski definition) is 8. The van der Waals surface area contributed by atoms with Gasteiger partial charge < -0.3 is 13.7 Å². The van der Waals surface area contributed by atoms with Gasteiger partial charge in [0.25, 0.3) is 5.91 Å². The smallest absolute Gasteiger partial charge is 0.360 e. The van der Waals surface area contributed by atoms with Crippen molar-refractivity contribution in [2.45, 2.75) is 0 Å². The van der Waals surface area contributed by atoms with Crippen LogP contribution in [0.4, 0.5) is 5.69 Å². The number of carbonyl (C=O) groups is 1. The van der Waals surface area contributed by atoms with Gasteiger partial charge in [0.1, 0.15) is 0 Å². The monoisotopic (exact) mass is 593 g/mol. The van der Waals surface area contributed by atoms with Gasteiger partial charge in [-0.1, -0.05) is 82.5 Å². The Morgan fingerprint density at radius 1 is 0.575 bits per heavy atom. The van der Waals surface area contributed by atoms with E-state index in [4.69, 9.17) is 8.37 Å². The second kappa shape index (κ2) is 11.8. The van der Waals surface area contributed by atoms with Crippen LogP contribution in [0.2, 0.25) is 0 Å². The van der Waals surface area contributed by atoms with Crippen LogP contribution < -0.4 is 13.7 Å². The average molecular weight is 594 g/mol. The number of nitrogens with one attached hydrogen (secondary N) is 1. The van der Waals surface area contributed by atoms with E-state index in [0.717, 1.165) is 11.1 Å². The SMILES string of the molecule is O=C(Nc1cccc2c3c4ccccc4c(c12)OS(=O)(=O)OS(=O)(=O)O3)c1ccc(-c2ccccc2)cc1.[Na].[Na]. The van der Waals surface area contributed by atoms with Gasteiger partial charge in [-0.2, -0.15) is 16.8 Å². The number of amides is 1. The molecule has 2 bridgehead atoms. The molecule has 5 aromatic carbocycles. The first-order chi connectivity index (χ1) is 18.2. The second-order valence-electron chi connectivity index (χ2n) is 8.38. The summed E-state index contributed by atoms with van der Waals surface area (Å²) in [5.74, 6) is -0.848. The maximum Gasteiger partial charge on any atom is 0.466 e. The topological polar surface area (TPSA) is 125 Å². The number of benzene rings is 5. The van der Waals surface area contributed by atoms with Crippen molar-refractivity contribution in [3.63, 3.8) is 0 Å². The third kappa shape index (κ3) is 5.94. The van der Waals surface area contributed by atoms with Crippen LogP contribution in [-0.2, 0) is 24.4 Å². The van der Waals surface area contributed by atoms with Crippen molar-refractivity contribution in [2.24, 2.45) is 0 Å². The van der Waals surface area contributed by atoms with Crippen LogP contribution in [0.15, 0.2) is 97.1 Å². The normalized spacial score (nSPS) is 14.8. The zero-order valence-corrected chi connectivity index (χ0v) is 27.0. The van der Waals surface area contributed by atoms with Gasteiger partial charge in [-0.25, -0.2) is 0 Å². The number of carbonyl (C=O) groups excluding carboxylic acids is 1. The molecule has 9 nitrogen and oxygen atoms in total. The Hall–Kier alpha value is -2.45. The van der Waals surface area contributed by atoms with E-state index in [2.05, 4.69) is 8.95 Å². The molecule has 0 saturated heterocycles. The zero-order valence-electron chi connectivity index (χ0n) is 21.3. The first-order valence-corrected chi connectivity index (χ1v) is 13.9. The molecule has 1 N–H and O–H groups in total. The van der Waals surface area contributed by atoms with Crippen LogP contribution in [0.1, 0.15) is 10.4 Å². The minimum Gasteiger partial charge on any atom is -0.360 e. The van der Waals surface area contributed by atoms with Crippen LogP contribution in [0.3, 0.4) is 0 Å². The molecule has 2 radical (unpaired) electrons. The van der Waals surface area contributed by atoms with Gasteiger partial charge in [0.05, 0.1) is 11.1 Å². The molecule has 0 atom stereocenters. The van der Waals surface area contributed by atoms with Crippen LogP contribution in [-0.4, -0.2) is 81.9 Å². The van der Waals surface area contributed by atoms with E-state index in [1.807, 2.05) is 42.5 Å². The summed E-state index contributed by atoms with van der Waals surface area (Å²) < 4.78 is 64.2. The van der Waals surface area contributed by atoms with Crippen LogP contribution >= 0.6 is 0 Å². The summed E-state index contributed by atoms with van der Waals surface area (Å²) in [6, 6.07) is 27.7. The summed E-state index contributed by atoms with van der Waals surface area (Å²) in [7, 11) is -10.1. The summed E-state index contributed by atoms with van der Waals surface area (Å²) in [6.45, 7) is 0. The summed E-state index contributed by atoms with van der Waals surface area (Å²) >= 11 is 0. The molecular weight excluding hydrogens is 576 g/mol. The third-order valence-electron chi connectivity index (χ3n) is 5.99. The molecular formula is C27H17NNa2O8S2. The van der Waals surface area contributed by atoms with Gasteiger partial charge >= 0.3 is 20.8 Å². The average Bonchev–Trinajstić information content (AvgIpc) is 2.96. The number of hydrogen-bond donors (Lipinski definition) is 1. The number of fused-ring (bicyclic) bond motifs is 3. The van der Waals surface area contributed by atoms with Crippen molar-refractivity contribution in [1.82, 2.24) is 0 Å². The fraction of sp³-hybridized carbons (Fsp3) is 0. The molecule has 1 aliphatic rings. The third-order valence-corrected chi connectivity index (χ3v) is 8.07. The molecule has 1 amide bonds. The molecule has 0 fully saturated rings. The van der Waals surface area contributed by atoms with Crippen molar-refractivity contribution in [3.05, 3.63) is 103 Å². The maximum absolute atomic E-state index is 13.2. The molecule has 5 aromatic rings. The van der Waals surface area contributed by atoms with Crippen LogP contribution in [0.5, 0.6) is 11.5 Å². The fourth-order valence-electron chi connectivity index (χ4n) is 4.40. The summed E-state index contributed by atoms with van der Waals surface area (Å²) in [6.07, 6.45) is 0. The zero-order chi connectivity index (χ0) is 26.5. The maximum atomic E-state index is 13.2. The minimum absolute atomic E-state index is 0. The molecule has 1 aliphatic heterocycles. The Morgan fingerprint density at radius 2 is 1.10 bits per heavy atom. The first-order valence-electron chi connectivity index (χ1n) is 11.2. The molecule has 6 rings (SSSR count). The van der Waals surface area contributed by atoms with E-state index >= 15 is 0 Å². The molecule has 40 heavy (non-hydrogen) atoms. The summed E-state index contributed by atoms with van der Waals surface area (Å²) in [5, 5.41) is 3.62. The Bertz CT molecular complexity index is 1970. The van der Waals surface area contributed by atoms with Gasteiger partial charge in [-0.05, 0) is 29.3 Å². The van der Waals surface area contributed by atoms with Crippen molar-refractivity contribution < 1.29 is 33.6 Å². The minimum atomic E-state index is -5.10. The predicted molar refractivity (Wildman–Crippen MR) is 153 cm³/mol. The van der Waals surface area contributed by atoms with Crippen LogP contribution in [0, 0.1) is 0 Å². The summed E-state index contributed by atoms with van der Waals surface area (Å²) in [5.41, 5.74) is 2.46. The quantitative estimate of drug-likeness (QED) is 0.241. The Kier molecular flexibility index (Phi) is 9.00. The second-order valence-corrected chi connectivity index (χ2v) is 10.9. The van der Waals surface area contributed by atoms with Gasteiger partial charge in [0, 0.05) is 80.8 Å². The molecule has 0 aromatic heterocycles. The van der Waals surface area contributed by atoms with Gasteiger partial charge in [0.2, 0.25) is 0 Å². The van der Waals surface area contributed by atoms with Crippen molar-refractivity contribution in [2.75, 3.05) is 5.32 Å². The van der Waals surface area contributed by atoms with E-state index in [-0.39, 0.29) is 97.8 Å². The van der Waals surface area contributed by atoms with Crippen molar-refractivity contribution >= 4 is 113 Å². The van der Waals surface area contributed by atoms with E-state index in [0.29, 0.717) is 5.56 Å². The van der Waals surface area contributed by atoms with Crippen LogP contribution in [0.25, 0.3) is 32.7 Å². The Morgan fingerprint density at radius 3 is 1.75 bits per heavy atom. The first kappa shape index (κ1) is 30.5. The standard InChI is InChI=1S/C27H17NO8S2.2Na/c29-27(19-15-13-18(14-16-19)17-7-2-1-3-8-17)28-23-12-6-11-22-24(23)26-21-10-5-4-9-20(21)25(22)34-37(30,31)36-38(32,33)35-26;;/h1-16H,(H,28,29);;. The molecule has 0 spiro atoms. The predicted octanol–water partition coefficient (Wildman–Crippen LogP) is 4.43. The number of rotatable bonds is 3. The van der Waals surface area contributed by atoms with Gasteiger partial charge in [-0.15, -0.1) is 0 Å². The molecule has 0 aliphatic carbocycles. The van der Waals surface area contributed by atoms with Crippen molar-refractivity contribution in [3.8, 4) is 22.6 Å². The van der Waals surface area contributed by atoms with Gasteiger partial charge in [0.15, 0.2) is 11.5 Å². The Balaban J connectivity index is 0.00000185. The van der Waals surface area contributed by atoms with E-state index in [9.17, 15) is 21.6 Å². The van der Waals surface area contributed by atoms with Gasteiger partial charge in [-0.3, -0.25) is 4.79 Å². The Labute approximate surface area is 274 Å². The molecule has 1 heterocycles. The molecule has 13 heteroatoms.